The molecule has 1 heterocycles. The Balaban J connectivity index is 2.27. The number of carbonyl (C=O) groups excluding carboxylic acids is 1. The summed E-state index contributed by atoms with van der Waals surface area (Å²) in [4.78, 5) is 11.7. The standard InChI is InChI=1S/C15H16ClN3O2/c1-15(2,3)21-14(20)7-4-11-10-12(16)5-6-13(11)19-9-8-17-18-19/h4-10H,1-3H3/b7-4+. The lowest BCUT2D eigenvalue weighted by Crippen LogP contribution is -2.22. The lowest BCUT2D eigenvalue weighted by molar-refractivity contribution is -0.148. The SMILES string of the molecule is CC(C)(C)OC(=O)/C=C/c1cc(Cl)ccc1-n1ccnn1. The lowest BCUT2D eigenvalue weighted by Gasteiger charge is -2.18. The number of carbonyl (C=O) groups is 1. The Labute approximate surface area is 128 Å². The highest BCUT2D eigenvalue weighted by Gasteiger charge is 2.14. The first kappa shape index (κ1) is 15.3. The fourth-order valence-electron chi connectivity index (χ4n) is 1.70. The summed E-state index contributed by atoms with van der Waals surface area (Å²) in [6.45, 7) is 5.46. The van der Waals surface area contributed by atoms with E-state index in [1.165, 1.54) is 6.08 Å². The van der Waals surface area contributed by atoms with Gasteiger partial charge in [-0.1, -0.05) is 16.8 Å². The molecule has 0 aliphatic rings. The Bertz CT molecular complexity index is 658. The Hall–Kier alpha value is -2.14. The van der Waals surface area contributed by atoms with E-state index < -0.39 is 11.6 Å². The van der Waals surface area contributed by atoms with Crippen LogP contribution in [0.15, 0.2) is 36.7 Å². The minimum absolute atomic E-state index is 0.410. The molecule has 0 atom stereocenters. The molecule has 0 spiro atoms. The van der Waals surface area contributed by atoms with Gasteiger partial charge < -0.3 is 4.74 Å². The van der Waals surface area contributed by atoms with Crippen LogP contribution in [0.4, 0.5) is 0 Å². The van der Waals surface area contributed by atoms with Crippen molar-refractivity contribution in [1.82, 2.24) is 15.0 Å². The summed E-state index contributed by atoms with van der Waals surface area (Å²) in [6, 6.07) is 5.31. The number of benzene rings is 1. The number of rotatable bonds is 3. The third-order valence-electron chi connectivity index (χ3n) is 2.46. The van der Waals surface area contributed by atoms with Gasteiger partial charge in [-0.3, -0.25) is 0 Å². The highest BCUT2D eigenvalue weighted by molar-refractivity contribution is 6.30. The minimum Gasteiger partial charge on any atom is -0.457 e. The molecule has 1 aromatic heterocycles. The van der Waals surface area contributed by atoms with E-state index in [2.05, 4.69) is 10.3 Å². The van der Waals surface area contributed by atoms with Crippen molar-refractivity contribution < 1.29 is 9.53 Å². The van der Waals surface area contributed by atoms with E-state index in [1.54, 1.807) is 35.3 Å². The molecule has 2 aromatic rings. The van der Waals surface area contributed by atoms with Crippen molar-refractivity contribution in [2.75, 3.05) is 0 Å². The van der Waals surface area contributed by atoms with Crippen LogP contribution in [0.2, 0.25) is 5.02 Å². The molecule has 6 heteroatoms. The number of aromatic nitrogens is 3. The molecular weight excluding hydrogens is 290 g/mol. The van der Waals surface area contributed by atoms with E-state index in [-0.39, 0.29) is 0 Å². The smallest absolute Gasteiger partial charge is 0.331 e. The molecule has 21 heavy (non-hydrogen) atoms. The molecule has 0 fully saturated rings. The third kappa shape index (κ3) is 4.43. The first-order valence-corrected chi connectivity index (χ1v) is 6.80. The molecule has 0 N–H and O–H groups in total. The maximum Gasteiger partial charge on any atom is 0.331 e. The lowest BCUT2D eigenvalue weighted by atomic mass is 10.1. The zero-order valence-electron chi connectivity index (χ0n) is 12.1. The second kappa shape index (κ2) is 6.10. The Morgan fingerprint density at radius 2 is 2.14 bits per heavy atom. The van der Waals surface area contributed by atoms with Gasteiger partial charge in [-0.2, -0.15) is 0 Å². The predicted molar refractivity (Wildman–Crippen MR) is 81.2 cm³/mol. The normalized spacial score (nSPS) is 11.8. The monoisotopic (exact) mass is 305 g/mol. The van der Waals surface area contributed by atoms with Crippen LogP contribution >= 0.6 is 11.6 Å². The van der Waals surface area contributed by atoms with Crippen molar-refractivity contribution in [2.24, 2.45) is 0 Å². The van der Waals surface area contributed by atoms with Crippen LogP contribution in [0.3, 0.4) is 0 Å². The van der Waals surface area contributed by atoms with Gasteiger partial charge in [-0.25, -0.2) is 9.48 Å². The Morgan fingerprint density at radius 3 is 2.76 bits per heavy atom. The van der Waals surface area contributed by atoms with Crippen LogP contribution in [-0.2, 0) is 9.53 Å². The number of esters is 1. The van der Waals surface area contributed by atoms with Gasteiger partial charge >= 0.3 is 5.97 Å². The molecule has 0 aliphatic carbocycles. The molecule has 0 aliphatic heterocycles. The van der Waals surface area contributed by atoms with E-state index >= 15 is 0 Å². The van der Waals surface area contributed by atoms with Crippen LogP contribution in [-0.4, -0.2) is 26.6 Å². The Morgan fingerprint density at radius 1 is 1.38 bits per heavy atom. The predicted octanol–water partition coefficient (Wildman–Crippen LogP) is 3.28. The van der Waals surface area contributed by atoms with E-state index in [0.29, 0.717) is 5.02 Å². The van der Waals surface area contributed by atoms with Gasteiger partial charge in [-0.15, -0.1) is 5.10 Å². The van der Waals surface area contributed by atoms with Crippen molar-refractivity contribution >= 4 is 23.6 Å². The van der Waals surface area contributed by atoms with Crippen LogP contribution in [0, 0.1) is 0 Å². The largest absolute Gasteiger partial charge is 0.457 e. The number of hydrogen-bond acceptors (Lipinski definition) is 4. The quantitative estimate of drug-likeness (QED) is 0.645. The van der Waals surface area contributed by atoms with E-state index in [4.69, 9.17) is 16.3 Å². The van der Waals surface area contributed by atoms with Crippen molar-refractivity contribution in [3.05, 3.63) is 47.3 Å². The summed E-state index contributed by atoms with van der Waals surface area (Å²) in [5.41, 5.74) is 1.00. The molecule has 110 valence electrons. The van der Waals surface area contributed by atoms with Gasteiger partial charge in [0.15, 0.2) is 0 Å². The molecule has 0 saturated heterocycles. The topological polar surface area (TPSA) is 57.0 Å². The second-order valence-electron chi connectivity index (χ2n) is 5.42. The number of ether oxygens (including phenoxy) is 1. The molecule has 1 aromatic carbocycles. The zero-order chi connectivity index (χ0) is 15.5. The fourth-order valence-corrected chi connectivity index (χ4v) is 1.88. The summed E-state index contributed by atoms with van der Waals surface area (Å²) in [7, 11) is 0. The number of nitrogens with zero attached hydrogens (tertiary/aromatic N) is 3. The molecule has 0 saturated carbocycles. The van der Waals surface area contributed by atoms with Crippen LogP contribution < -0.4 is 0 Å². The van der Waals surface area contributed by atoms with Gasteiger partial charge in [0.1, 0.15) is 5.60 Å². The molecular formula is C15H16ClN3O2. The van der Waals surface area contributed by atoms with Gasteiger partial charge in [-0.05, 0) is 45.0 Å². The van der Waals surface area contributed by atoms with Crippen molar-refractivity contribution in [1.29, 1.82) is 0 Å². The average Bonchev–Trinajstić information content (AvgIpc) is 2.88. The van der Waals surface area contributed by atoms with E-state index in [0.717, 1.165) is 11.3 Å². The van der Waals surface area contributed by atoms with Crippen molar-refractivity contribution in [3.8, 4) is 5.69 Å². The first-order chi connectivity index (χ1) is 9.85. The molecule has 0 amide bonds. The number of halogens is 1. The molecule has 0 bridgehead atoms. The maximum absolute atomic E-state index is 11.7. The molecule has 0 radical (unpaired) electrons. The fraction of sp³-hybridized carbons (Fsp3) is 0.267. The Kier molecular flexibility index (Phi) is 4.43. The van der Waals surface area contributed by atoms with Crippen molar-refractivity contribution in [3.63, 3.8) is 0 Å². The summed E-state index contributed by atoms with van der Waals surface area (Å²) in [6.07, 6.45) is 6.32. The molecule has 5 nitrogen and oxygen atoms in total. The average molecular weight is 306 g/mol. The van der Waals surface area contributed by atoms with Gasteiger partial charge in [0.05, 0.1) is 18.1 Å². The van der Waals surface area contributed by atoms with Crippen molar-refractivity contribution in [2.45, 2.75) is 26.4 Å². The summed E-state index contributed by atoms with van der Waals surface area (Å²) in [5.74, 6) is -0.410. The zero-order valence-corrected chi connectivity index (χ0v) is 12.8. The third-order valence-corrected chi connectivity index (χ3v) is 2.70. The summed E-state index contributed by atoms with van der Waals surface area (Å²) in [5, 5.41) is 8.28. The molecule has 0 unspecified atom stereocenters. The van der Waals surface area contributed by atoms with E-state index in [9.17, 15) is 4.79 Å². The maximum atomic E-state index is 11.7. The van der Waals surface area contributed by atoms with Crippen LogP contribution in [0.1, 0.15) is 26.3 Å². The summed E-state index contributed by atoms with van der Waals surface area (Å²) >= 11 is 6.00. The van der Waals surface area contributed by atoms with E-state index in [1.807, 2.05) is 26.8 Å². The van der Waals surface area contributed by atoms with Crippen LogP contribution in [0.5, 0.6) is 0 Å². The minimum atomic E-state index is -0.523. The summed E-state index contributed by atoms with van der Waals surface area (Å²) < 4.78 is 6.83. The number of hydrogen-bond donors (Lipinski definition) is 0. The second-order valence-corrected chi connectivity index (χ2v) is 5.85. The highest BCUT2D eigenvalue weighted by Crippen LogP contribution is 2.20. The van der Waals surface area contributed by atoms with Gasteiger partial charge in [0.25, 0.3) is 0 Å². The van der Waals surface area contributed by atoms with Crippen LogP contribution in [0.25, 0.3) is 11.8 Å². The van der Waals surface area contributed by atoms with Gasteiger partial charge in [0.2, 0.25) is 0 Å². The highest BCUT2D eigenvalue weighted by atomic mass is 35.5. The molecule has 2 rings (SSSR count). The first-order valence-electron chi connectivity index (χ1n) is 6.42. The van der Waals surface area contributed by atoms with Gasteiger partial charge in [0, 0.05) is 16.7 Å².